The molecule has 0 saturated carbocycles. The lowest BCUT2D eigenvalue weighted by Crippen LogP contribution is -2.06. The van der Waals surface area contributed by atoms with Crippen molar-refractivity contribution < 1.29 is 13.9 Å². The van der Waals surface area contributed by atoms with Gasteiger partial charge in [-0.15, -0.1) is 0 Å². The Hall–Kier alpha value is -1.42. The van der Waals surface area contributed by atoms with Crippen LogP contribution in [0.5, 0.6) is 5.75 Å². The van der Waals surface area contributed by atoms with E-state index in [0.717, 1.165) is 0 Å². The van der Waals surface area contributed by atoms with E-state index in [-0.39, 0.29) is 6.54 Å². The third kappa shape index (κ3) is 2.52. The van der Waals surface area contributed by atoms with Crippen molar-refractivity contribution in [2.45, 2.75) is 13.5 Å². The van der Waals surface area contributed by atoms with Crippen molar-refractivity contribution in [2.24, 2.45) is 5.73 Å². The second kappa shape index (κ2) is 4.00. The van der Waals surface area contributed by atoms with Gasteiger partial charge in [-0.2, -0.15) is 0 Å². The third-order valence-electron chi connectivity index (χ3n) is 1.50. The number of esters is 1. The van der Waals surface area contributed by atoms with Crippen molar-refractivity contribution in [3.05, 3.63) is 29.6 Å². The summed E-state index contributed by atoms with van der Waals surface area (Å²) in [5, 5.41) is 0. The molecule has 4 heteroatoms. The van der Waals surface area contributed by atoms with Crippen LogP contribution in [-0.2, 0) is 11.3 Å². The first-order chi connectivity index (χ1) is 6.13. The number of carbonyl (C=O) groups excluding carboxylic acids is 1. The predicted octanol–water partition coefficient (Wildman–Crippen LogP) is 1.21. The zero-order valence-electron chi connectivity index (χ0n) is 7.21. The molecule has 0 saturated heterocycles. The van der Waals surface area contributed by atoms with Gasteiger partial charge in [0.15, 0.2) is 0 Å². The molecule has 0 aromatic heterocycles. The summed E-state index contributed by atoms with van der Waals surface area (Å²) < 4.78 is 17.5. The van der Waals surface area contributed by atoms with Gasteiger partial charge in [0.2, 0.25) is 0 Å². The van der Waals surface area contributed by atoms with Gasteiger partial charge >= 0.3 is 5.97 Å². The van der Waals surface area contributed by atoms with E-state index in [9.17, 15) is 9.18 Å². The molecule has 0 heterocycles. The molecule has 0 atom stereocenters. The van der Waals surface area contributed by atoms with Crippen LogP contribution >= 0.6 is 0 Å². The van der Waals surface area contributed by atoms with E-state index in [1.165, 1.54) is 25.1 Å². The Morgan fingerprint density at radius 2 is 2.31 bits per heavy atom. The van der Waals surface area contributed by atoms with Crippen molar-refractivity contribution in [1.29, 1.82) is 0 Å². The standard InChI is InChI=1S/C9H10FNO2/c1-6(12)13-9-3-2-8(10)4-7(9)5-11/h2-4H,5,11H2,1H3. The first kappa shape index (κ1) is 9.67. The van der Waals surface area contributed by atoms with E-state index < -0.39 is 11.8 Å². The van der Waals surface area contributed by atoms with Gasteiger partial charge in [-0.25, -0.2) is 4.39 Å². The maximum absolute atomic E-state index is 12.7. The van der Waals surface area contributed by atoms with Gasteiger partial charge < -0.3 is 10.5 Å². The fourth-order valence-corrected chi connectivity index (χ4v) is 0.962. The first-order valence-electron chi connectivity index (χ1n) is 3.80. The average Bonchev–Trinajstić information content (AvgIpc) is 2.07. The third-order valence-corrected chi connectivity index (χ3v) is 1.50. The first-order valence-corrected chi connectivity index (χ1v) is 3.80. The van der Waals surface area contributed by atoms with Crippen LogP contribution in [0.1, 0.15) is 12.5 Å². The van der Waals surface area contributed by atoms with Crippen LogP contribution in [0.4, 0.5) is 4.39 Å². The van der Waals surface area contributed by atoms with Crippen molar-refractivity contribution >= 4 is 5.97 Å². The quantitative estimate of drug-likeness (QED) is 0.553. The second-order valence-corrected chi connectivity index (χ2v) is 2.55. The minimum Gasteiger partial charge on any atom is -0.426 e. The van der Waals surface area contributed by atoms with Gasteiger partial charge in [0.05, 0.1) is 0 Å². The number of halogens is 1. The van der Waals surface area contributed by atoms with E-state index in [2.05, 4.69) is 0 Å². The summed E-state index contributed by atoms with van der Waals surface area (Å²) in [5.41, 5.74) is 5.82. The molecule has 1 rings (SSSR count). The number of carbonyl (C=O) groups is 1. The van der Waals surface area contributed by atoms with Crippen LogP contribution < -0.4 is 10.5 Å². The number of hydrogen-bond acceptors (Lipinski definition) is 3. The molecule has 0 aliphatic heterocycles. The molecular weight excluding hydrogens is 173 g/mol. The summed E-state index contributed by atoms with van der Waals surface area (Å²) in [6, 6.07) is 3.86. The maximum atomic E-state index is 12.7. The Balaban J connectivity index is 2.99. The van der Waals surface area contributed by atoms with Gasteiger partial charge in [0.1, 0.15) is 11.6 Å². The van der Waals surface area contributed by atoms with Crippen LogP contribution in [0.25, 0.3) is 0 Å². The summed E-state index contributed by atoms with van der Waals surface area (Å²) in [4.78, 5) is 10.6. The number of nitrogens with two attached hydrogens (primary N) is 1. The van der Waals surface area contributed by atoms with E-state index in [0.29, 0.717) is 11.3 Å². The fraction of sp³-hybridized carbons (Fsp3) is 0.222. The molecule has 0 bridgehead atoms. The maximum Gasteiger partial charge on any atom is 0.308 e. The Morgan fingerprint density at radius 3 is 2.85 bits per heavy atom. The minimum atomic E-state index is -0.443. The molecule has 1 aromatic carbocycles. The Labute approximate surface area is 75.3 Å². The van der Waals surface area contributed by atoms with E-state index in [4.69, 9.17) is 10.5 Å². The summed E-state index contributed by atoms with van der Waals surface area (Å²) in [7, 11) is 0. The Kier molecular flexibility index (Phi) is 2.97. The summed E-state index contributed by atoms with van der Waals surface area (Å²) >= 11 is 0. The molecule has 13 heavy (non-hydrogen) atoms. The SMILES string of the molecule is CC(=O)Oc1ccc(F)cc1CN. The zero-order chi connectivity index (χ0) is 9.84. The fourth-order valence-electron chi connectivity index (χ4n) is 0.962. The highest BCUT2D eigenvalue weighted by molar-refractivity contribution is 5.69. The van der Waals surface area contributed by atoms with Crippen LogP contribution in [0.3, 0.4) is 0 Å². The molecule has 0 fully saturated rings. The number of benzene rings is 1. The number of rotatable bonds is 2. The molecule has 0 aliphatic carbocycles. The average molecular weight is 183 g/mol. The van der Waals surface area contributed by atoms with Gasteiger partial charge in [0, 0.05) is 19.0 Å². The summed E-state index contributed by atoms with van der Waals surface area (Å²) in [6.45, 7) is 1.42. The van der Waals surface area contributed by atoms with Crippen molar-refractivity contribution in [3.8, 4) is 5.75 Å². The Morgan fingerprint density at radius 1 is 1.62 bits per heavy atom. The van der Waals surface area contributed by atoms with Gasteiger partial charge in [0.25, 0.3) is 0 Å². The van der Waals surface area contributed by atoms with Crippen LogP contribution in [0.15, 0.2) is 18.2 Å². The summed E-state index contributed by atoms with van der Waals surface area (Å²) in [6.07, 6.45) is 0. The molecule has 0 radical (unpaired) electrons. The highest BCUT2D eigenvalue weighted by Crippen LogP contribution is 2.18. The van der Waals surface area contributed by atoms with Crippen molar-refractivity contribution in [1.82, 2.24) is 0 Å². The minimum absolute atomic E-state index is 0.139. The molecule has 0 spiro atoms. The predicted molar refractivity (Wildman–Crippen MR) is 45.6 cm³/mol. The molecule has 0 unspecified atom stereocenters. The van der Waals surface area contributed by atoms with Gasteiger partial charge in [-0.05, 0) is 18.2 Å². The molecule has 0 aliphatic rings. The molecular formula is C9H10FNO2. The number of hydrogen-bond donors (Lipinski definition) is 1. The zero-order valence-corrected chi connectivity index (χ0v) is 7.21. The van der Waals surface area contributed by atoms with Crippen LogP contribution in [-0.4, -0.2) is 5.97 Å². The highest BCUT2D eigenvalue weighted by Gasteiger charge is 2.05. The van der Waals surface area contributed by atoms with E-state index in [1.54, 1.807) is 0 Å². The van der Waals surface area contributed by atoms with Gasteiger partial charge in [-0.3, -0.25) is 4.79 Å². The van der Waals surface area contributed by atoms with Crippen LogP contribution in [0.2, 0.25) is 0 Å². The lowest BCUT2D eigenvalue weighted by Gasteiger charge is -2.06. The van der Waals surface area contributed by atoms with E-state index >= 15 is 0 Å². The Bertz CT molecular complexity index is 325. The van der Waals surface area contributed by atoms with Gasteiger partial charge in [-0.1, -0.05) is 0 Å². The lowest BCUT2D eigenvalue weighted by molar-refractivity contribution is -0.131. The molecule has 2 N–H and O–H groups in total. The largest absolute Gasteiger partial charge is 0.426 e. The number of ether oxygens (including phenoxy) is 1. The lowest BCUT2D eigenvalue weighted by atomic mass is 10.2. The molecule has 0 amide bonds. The normalized spacial score (nSPS) is 9.77. The van der Waals surface area contributed by atoms with Crippen molar-refractivity contribution in [2.75, 3.05) is 0 Å². The monoisotopic (exact) mass is 183 g/mol. The molecule has 1 aromatic rings. The smallest absolute Gasteiger partial charge is 0.308 e. The highest BCUT2D eigenvalue weighted by atomic mass is 19.1. The molecule has 3 nitrogen and oxygen atoms in total. The van der Waals surface area contributed by atoms with E-state index in [1.807, 2.05) is 0 Å². The molecule has 70 valence electrons. The van der Waals surface area contributed by atoms with Crippen LogP contribution in [0, 0.1) is 5.82 Å². The topological polar surface area (TPSA) is 52.3 Å². The summed E-state index contributed by atoms with van der Waals surface area (Å²) in [5.74, 6) is -0.519. The van der Waals surface area contributed by atoms with Crippen molar-refractivity contribution in [3.63, 3.8) is 0 Å². The second-order valence-electron chi connectivity index (χ2n) is 2.55.